The molecule has 2 N–H and O–H groups in total. The number of carbonyl (C=O) groups is 1. The van der Waals surface area contributed by atoms with Gasteiger partial charge in [0.15, 0.2) is 0 Å². The van der Waals surface area contributed by atoms with E-state index in [4.69, 9.17) is 0 Å². The van der Waals surface area contributed by atoms with Crippen LogP contribution in [-0.4, -0.2) is 26.9 Å². The van der Waals surface area contributed by atoms with Crippen molar-refractivity contribution in [2.75, 3.05) is 5.32 Å². The zero-order valence-electron chi connectivity index (χ0n) is 16.1. The summed E-state index contributed by atoms with van der Waals surface area (Å²) in [4.78, 5) is 26.3. The van der Waals surface area contributed by atoms with Crippen molar-refractivity contribution in [1.82, 2.24) is 20.3 Å². The van der Waals surface area contributed by atoms with Gasteiger partial charge in [-0.25, -0.2) is 19.3 Å². The average molecular weight is 440 g/mol. The number of nitrogens with one attached hydrogen (secondary N) is 2. The van der Waals surface area contributed by atoms with Crippen LogP contribution in [0.25, 0.3) is 26.0 Å². The zero-order chi connectivity index (χ0) is 20.7. The summed E-state index contributed by atoms with van der Waals surface area (Å²) in [5, 5.41) is 6.96. The molecule has 1 unspecified atom stereocenters. The van der Waals surface area contributed by atoms with E-state index in [0.29, 0.717) is 11.5 Å². The zero-order valence-corrected chi connectivity index (χ0v) is 17.7. The minimum atomic E-state index is -0.340. The molecule has 1 aliphatic carbocycles. The second-order valence-corrected chi connectivity index (χ2v) is 9.15. The van der Waals surface area contributed by atoms with Crippen LogP contribution in [0.4, 0.5) is 15.9 Å². The van der Waals surface area contributed by atoms with E-state index in [2.05, 4.69) is 37.7 Å². The molecule has 5 rings (SSSR count). The monoisotopic (exact) mass is 439 g/mol. The number of thiophene rings is 1. The van der Waals surface area contributed by atoms with E-state index in [-0.39, 0.29) is 17.8 Å². The van der Waals surface area contributed by atoms with Crippen LogP contribution in [0.1, 0.15) is 31.1 Å². The summed E-state index contributed by atoms with van der Waals surface area (Å²) in [5.74, 6) is 0.240. The topological polar surface area (TPSA) is 79.8 Å². The Morgan fingerprint density at radius 2 is 2.13 bits per heavy atom. The standard InChI is InChI=1S/C21H18FN5OS2/c1-11(28)26-13-4-2-12(3-5-13)18-6-14-20(23-9-24-21(14)30-18)27-16-8-17-19(7-15(16)22)29-10-25-17/h2,6-10,13H,3-5H2,1H3,(H,26,28)(H,23,24,27). The number of amides is 1. The van der Waals surface area contributed by atoms with Crippen LogP contribution in [0.2, 0.25) is 0 Å². The lowest BCUT2D eigenvalue weighted by Crippen LogP contribution is -2.33. The molecule has 0 fully saturated rings. The number of anilines is 2. The maximum absolute atomic E-state index is 14.5. The largest absolute Gasteiger partial charge is 0.353 e. The molecule has 1 aliphatic rings. The van der Waals surface area contributed by atoms with Gasteiger partial charge in [0.05, 0.1) is 26.8 Å². The summed E-state index contributed by atoms with van der Waals surface area (Å²) in [7, 11) is 0. The Labute approximate surface area is 179 Å². The molecule has 0 aliphatic heterocycles. The van der Waals surface area contributed by atoms with Gasteiger partial charge >= 0.3 is 0 Å². The van der Waals surface area contributed by atoms with Crippen molar-refractivity contribution in [2.45, 2.75) is 32.2 Å². The molecule has 1 amide bonds. The van der Waals surface area contributed by atoms with Gasteiger partial charge in [-0.15, -0.1) is 22.7 Å². The summed E-state index contributed by atoms with van der Waals surface area (Å²) >= 11 is 3.01. The lowest BCUT2D eigenvalue weighted by molar-refractivity contribution is -0.119. The van der Waals surface area contributed by atoms with Gasteiger partial charge in [-0.3, -0.25) is 4.79 Å². The third-order valence-electron chi connectivity index (χ3n) is 5.14. The van der Waals surface area contributed by atoms with Crippen LogP contribution >= 0.6 is 22.7 Å². The molecule has 152 valence electrons. The molecule has 30 heavy (non-hydrogen) atoms. The fourth-order valence-corrected chi connectivity index (χ4v) is 5.44. The highest BCUT2D eigenvalue weighted by atomic mass is 32.1. The van der Waals surface area contributed by atoms with Gasteiger partial charge in [-0.2, -0.15) is 0 Å². The normalized spacial score (nSPS) is 16.6. The van der Waals surface area contributed by atoms with E-state index in [0.717, 1.165) is 44.6 Å². The number of hydrogen-bond acceptors (Lipinski definition) is 7. The first-order chi connectivity index (χ1) is 14.6. The van der Waals surface area contributed by atoms with Crippen molar-refractivity contribution in [3.05, 3.63) is 46.8 Å². The third kappa shape index (κ3) is 3.66. The Balaban J connectivity index is 1.45. The van der Waals surface area contributed by atoms with Crippen molar-refractivity contribution < 1.29 is 9.18 Å². The quantitative estimate of drug-likeness (QED) is 0.454. The number of rotatable bonds is 4. The Morgan fingerprint density at radius 3 is 2.93 bits per heavy atom. The van der Waals surface area contributed by atoms with Gasteiger partial charge in [-0.1, -0.05) is 6.08 Å². The first kappa shape index (κ1) is 19.1. The minimum Gasteiger partial charge on any atom is -0.353 e. The van der Waals surface area contributed by atoms with Crippen LogP contribution in [0.3, 0.4) is 0 Å². The van der Waals surface area contributed by atoms with Gasteiger partial charge in [0.1, 0.15) is 22.8 Å². The van der Waals surface area contributed by atoms with Gasteiger partial charge in [0.2, 0.25) is 5.91 Å². The lowest BCUT2D eigenvalue weighted by Gasteiger charge is -2.21. The Kier molecular flexibility index (Phi) is 4.92. The van der Waals surface area contributed by atoms with E-state index in [1.165, 1.54) is 29.3 Å². The highest BCUT2D eigenvalue weighted by molar-refractivity contribution is 7.19. The molecule has 3 heterocycles. The second-order valence-electron chi connectivity index (χ2n) is 7.23. The smallest absolute Gasteiger partial charge is 0.217 e. The van der Waals surface area contributed by atoms with Crippen LogP contribution in [0.5, 0.6) is 0 Å². The molecule has 9 heteroatoms. The Bertz CT molecular complexity index is 1300. The number of nitrogens with zero attached hydrogens (tertiary/aromatic N) is 3. The number of hydrogen-bond donors (Lipinski definition) is 2. The highest BCUT2D eigenvalue weighted by Crippen LogP contribution is 2.37. The van der Waals surface area contributed by atoms with Gasteiger partial charge in [0, 0.05) is 17.8 Å². The van der Waals surface area contributed by atoms with Crippen molar-refractivity contribution >= 4 is 66.1 Å². The Hall–Kier alpha value is -2.91. The number of halogens is 1. The molecule has 1 atom stereocenters. The number of thiazole rings is 1. The van der Waals surface area contributed by atoms with Gasteiger partial charge in [0.25, 0.3) is 0 Å². The van der Waals surface area contributed by atoms with Crippen LogP contribution in [0, 0.1) is 5.82 Å². The first-order valence-electron chi connectivity index (χ1n) is 9.57. The second kappa shape index (κ2) is 7.73. The number of carbonyl (C=O) groups excluding carboxylic acids is 1. The van der Waals surface area contributed by atoms with Crippen LogP contribution in [0.15, 0.2) is 36.1 Å². The highest BCUT2D eigenvalue weighted by Gasteiger charge is 2.19. The summed E-state index contributed by atoms with van der Waals surface area (Å²) in [6, 6.07) is 5.45. The predicted molar refractivity (Wildman–Crippen MR) is 120 cm³/mol. The van der Waals surface area contributed by atoms with Crippen molar-refractivity contribution in [3.63, 3.8) is 0 Å². The summed E-state index contributed by atoms with van der Waals surface area (Å²) in [6.45, 7) is 1.55. The Morgan fingerprint density at radius 1 is 1.23 bits per heavy atom. The molecule has 3 aromatic heterocycles. The SMILES string of the molecule is CC(=O)NC1CC=C(c2cc3c(Nc4cc5ncsc5cc4F)ncnc3s2)CC1. The van der Waals surface area contributed by atoms with Crippen molar-refractivity contribution in [1.29, 1.82) is 0 Å². The molecule has 4 aromatic rings. The minimum absolute atomic E-state index is 0.00720. The summed E-state index contributed by atoms with van der Waals surface area (Å²) in [5.41, 5.74) is 4.05. The number of fused-ring (bicyclic) bond motifs is 2. The molecular formula is C21H18FN5OS2. The maximum atomic E-state index is 14.5. The number of benzene rings is 1. The molecule has 6 nitrogen and oxygen atoms in total. The molecule has 0 saturated heterocycles. The van der Waals surface area contributed by atoms with Crippen molar-refractivity contribution in [3.8, 4) is 0 Å². The predicted octanol–water partition coefficient (Wildman–Crippen LogP) is 5.26. The fraction of sp³-hybridized carbons (Fsp3) is 0.238. The van der Waals surface area contributed by atoms with E-state index in [9.17, 15) is 9.18 Å². The first-order valence-corrected chi connectivity index (χ1v) is 11.3. The van der Waals surface area contributed by atoms with Crippen LogP contribution in [-0.2, 0) is 4.79 Å². The third-order valence-corrected chi connectivity index (χ3v) is 7.05. The van der Waals surface area contributed by atoms with Crippen molar-refractivity contribution in [2.24, 2.45) is 0 Å². The van der Waals surface area contributed by atoms with E-state index in [1.807, 2.05) is 0 Å². The number of allylic oxidation sites excluding steroid dienone is 1. The van der Waals surface area contributed by atoms with Gasteiger partial charge in [-0.05, 0) is 43.0 Å². The van der Waals surface area contributed by atoms with Gasteiger partial charge < -0.3 is 10.6 Å². The van der Waals surface area contributed by atoms with E-state index < -0.39 is 0 Å². The molecule has 0 spiro atoms. The molecule has 0 bridgehead atoms. The lowest BCUT2D eigenvalue weighted by atomic mass is 9.94. The van der Waals surface area contributed by atoms with Crippen LogP contribution < -0.4 is 10.6 Å². The maximum Gasteiger partial charge on any atom is 0.217 e. The molecular weight excluding hydrogens is 421 g/mol. The van der Waals surface area contributed by atoms with E-state index >= 15 is 0 Å². The average Bonchev–Trinajstić information content (AvgIpc) is 3.35. The summed E-state index contributed by atoms with van der Waals surface area (Å²) < 4.78 is 15.4. The van der Waals surface area contributed by atoms with E-state index in [1.54, 1.807) is 29.8 Å². The summed E-state index contributed by atoms with van der Waals surface area (Å²) in [6.07, 6.45) is 6.30. The molecule has 1 aromatic carbocycles. The molecule has 0 saturated carbocycles. The fourth-order valence-electron chi connectivity index (χ4n) is 3.69. The molecule has 0 radical (unpaired) electrons. The number of aromatic nitrogens is 3.